The van der Waals surface area contributed by atoms with E-state index in [1.807, 2.05) is 30.3 Å². The zero-order valence-electron chi connectivity index (χ0n) is 15.6. The van der Waals surface area contributed by atoms with Crippen LogP contribution < -0.4 is 10.6 Å². The first kappa shape index (κ1) is 19.0. The maximum absolute atomic E-state index is 12.4. The van der Waals surface area contributed by atoms with Gasteiger partial charge in [-0.05, 0) is 36.8 Å². The molecule has 2 amide bonds. The van der Waals surface area contributed by atoms with Crippen molar-refractivity contribution >= 4 is 29.1 Å². The molecule has 0 saturated heterocycles. The molecular formula is C21H20N4O3. The Hall–Kier alpha value is -3.74. The third kappa shape index (κ3) is 4.70. The summed E-state index contributed by atoms with van der Waals surface area (Å²) in [4.78, 5) is 35.9. The van der Waals surface area contributed by atoms with Crippen LogP contribution in [0.25, 0.3) is 0 Å². The maximum atomic E-state index is 12.4. The van der Waals surface area contributed by atoms with Gasteiger partial charge in [0.25, 0.3) is 5.91 Å². The average molecular weight is 376 g/mol. The third-order valence-electron chi connectivity index (χ3n) is 4.14. The van der Waals surface area contributed by atoms with E-state index in [2.05, 4.69) is 15.7 Å². The fourth-order valence-electron chi connectivity index (χ4n) is 2.65. The molecule has 0 fully saturated rings. The van der Waals surface area contributed by atoms with Gasteiger partial charge in [-0.3, -0.25) is 19.1 Å². The number of Topliss-reactive ketones (excluding diaryl/α,β-unsaturated/α-hetero) is 1. The first-order valence-electron chi connectivity index (χ1n) is 8.72. The summed E-state index contributed by atoms with van der Waals surface area (Å²) in [5.74, 6) is -0.216. The van der Waals surface area contributed by atoms with Gasteiger partial charge >= 0.3 is 0 Å². The smallest absolute Gasteiger partial charge is 0.276 e. The number of nitrogens with one attached hydrogen (secondary N) is 2. The predicted octanol–water partition coefficient (Wildman–Crippen LogP) is 3.06. The number of aromatic nitrogens is 2. The molecule has 2 aromatic carbocycles. The topological polar surface area (TPSA) is 93.1 Å². The molecule has 0 atom stereocenters. The van der Waals surface area contributed by atoms with Crippen LogP contribution in [0.3, 0.4) is 0 Å². The molecule has 0 radical (unpaired) electrons. The molecule has 0 bridgehead atoms. The quantitative estimate of drug-likeness (QED) is 0.647. The monoisotopic (exact) mass is 376 g/mol. The Balaban J connectivity index is 1.64. The summed E-state index contributed by atoms with van der Waals surface area (Å²) in [6.07, 6.45) is 0.232. The fourth-order valence-corrected chi connectivity index (χ4v) is 2.65. The predicted molar refractivity (Wildman–Crippen MR) is 106 cm³/mol. The lowest BCUT2D eigenvalue weighted by Crippen LogP contribution is -2.16. The van der Waals surface area contributed by atoms with Crippen molar-refractivity contribution in [1.82, 2.24) is 9.78 Å². The Bertz CT molecular complexity index is 1010. The zero-order chi connectivity index (χ0) is 20.1. The molecule has 2 N–H and O–H groups in total. The average Bonchev–Trinajstić information content (AvgIpc) is 3.03. The van der Waals surface area contributed by atoms with Crippen LogP contribution >= 0.6 is 0 Å². The zero-order valence-corrected chi connectivity index (χ0v) is 15.6. The molecule has 0 aliphatic carbocycles. The van der Waals surface area contributed by atoms with Crippen LogP contribution in [0.2, 0.25) is 0 Å². The number of carbonyl (C=O) groups is 3. The van der Waals surface area contributed by atoms with Crippen LogP contribution in [0.1, 0.15) is 33.3 Å². The summed E-state index contributed by atoms with van der Waals surface area (Å²) in [6.45, 7) is 1.48. The van der Waals surface area contributed by atoms with Gasteiger partial charge in [0, 0.05) is 24.4 Å². The van der Waals surface area contributed by atoms with E-state index < -0.39 is 5.91 Å². The SMILES string of the molecule is CC(=O)c1ccc(NC(=O)c2cc(NC(=O)Cc3ccccc3)n(C)n2)cc1. The minimum absolute atomic E-state index is 0.0431. The third-order valence-corrected chi connectivity index (χ3v) is 4.14. The molecule has 142 valence electrons. The largest absolute Gasteiger partial charge is 0.321 e. The van der Waals surface area contributed by atoms with Gasteiger partial charge in [0.15, 0.2) is 11.5 Å². The van der Waals surface area contributed by atoms with Gasteiger partial charge in [-0.15, -0.1) is 0 Å². The van der Waals surface area contributed by atoms with Crippen molar-refractivity contribution in [2.45, 2.75) is 13.3 Å². The Labute approximate surface area is 162 Å². The second kappa shape index (κ2) is 8.30. The number of hydrogen-bond acceptors (Lipinski definition) is 4. The van der Waals surface area contributed by atoms with Crippen LogP contribution in [0.5, 0.6) is 0 Å². The summed E-state index contributed by atoms with van der Waals surface area (Å²) in [7, 11) is 1.65. The molecule has 1 heterocycles. The maximum Gasteiger partial charge on any atom is 0.276 e. The van der Waals surface area contributed by atoms with Crippen molar-refractivity contribution in [2.75, 3.05) is 10.6 Å². The van der Waals surface area contributed by atoms with Crippen molar-refractivity contribution in [3.63, 3.8) is 0 Å². The number of carbonyl (C=O) groups excluding carboxylic acids is 3. The highest BCUT2D eigenvalue weighted by Crippen LogP contribution is 2.14. The number of nitrogens with zero attached hydrogens (tertiary/aromatic N) is 2. The van der Waals surface area contributed by atoms with Gasteiger partial charge < -0.3 is 10.6 Å². The Morgan fingerprint density at radius 1 is 0.964 bits per heavy atom. The molecule has 28 heavy (non-hydrogen) atoms. The second-order valence-corrected chi connectivity index (χ2v) is 6.34. The van der Waals surface area contributed by atoms with E-state index in [0.29, 0.717) is 17.1 Å². The molecule has 1 aromatic heterocycles. The summed E-state index contributed by atoms with van der Waals surface area (Å²) >= 11 is 0. The molecule has 0 aliphatic rings. The second-order valence-electron chi connectivity index (χ2n) is 6.34. The van der Waals surface area contributed by atoms with Gasteiger partial charge in [-0.2, -0.15) is 5.10 Å². The van der Waals surface area contributed by atoms with E-state index in [1.165, 1.54) is 17.7 Å². The highest BCUT2D eigenvalue weighted by molar-refractivity contribution is 6.04. The van der Waals surface area contributed by atoms with E-state index in [0.717, 1.165) is 5.56 Å². The molecule has 0 aliphatic heterocycles. The lowest BCUT2D eigenvalue weighted by atomic mass is 10.1. The van der Waals surface area contributed by atoms with E-state index in [-0.39, 0.29) is 23.8 Å². The Kier molecular flexibility index (Phi) is 5.64. The van der Waals surface area contributed by atoms with Gasteiger partial charge in [-0.1, -0.05) is 30.3 Å². The summed E-state index contributed by atoms with van der Waals surface area (Å²) in [5, 5.41) is 9.63. The van der Waals surface area contributed by atoms with Crippen LogP contribution in [-0.2, 0) is 18.3 Å². The van der Waals surface area contributed by atoms with Gasteiger partial charge in [0.05, 0.1) is 6.42 Å². The van der Waals surface area contributed by atoms with Gasteiger partial charge in [0.2, 0.25) is 5.91 Å². The van der Waals surface area contributed by atoms with E-state index in [9.17, 15) is 14.4 Å². The lowest BCUT2D eigenvalue weighted by Gasteiger charge is -2.04. The standard InChI is InChI=1S/C21H20N4O3/c1-14(26)16-8-10-17(11-9-16)22-21(28)18-13-19(25(2)24-18)23-20(27)12-15-6-4-3-5-7-15/h3-11,13H,12H2,1-2H3,(H,22,28)(H,23,27). The summed E-state index contributed by atoms with van der Waals surface area (Å²) in [6, 6.07) is 17.5. The molecule has 0 spiro atoms. The van der Waals surface area contributed by atoms with Crippen LogP contribution in [-0.4, -0.2) is 27.4 Å². The van der Waals surface area contributed by atoms with Crippen LogP contribution in [0.15, 0.2) is 60.7 Å². The van der Waals surface area contributed by atoms with E-state index >= 15 is 0 Å². The van der Waals surface area contributed by atoms with Crippen molar-refractivity contribution in [3.8, 4) is 0 Å². The number of hydrogen-bond donors (Lipinski definition) is 2. The number of amides is 2. The minimum atomic E-state index is -0.408. The summed E-state index contributed by atoms with van der Waals surface area (Å²) in [5.41, 5.74) is 2.19. The number of ketones is 1. The highest BCUT2D eigenvalue weighted by atomic mass is 16.2. The molecule has 0 unspecified atom stereocenters. The van der Waals surface area contributed by atoms with Crippen LogP contribution in [0, 0.1) is 0 Å². The molecule has 7 nitrogen and oxygen atoms in total. The Morgan fingerprint density at radius 3 is 2.29 bits per heavy atom. The van der Waals surface area contributed by atoms with E-state index in [4.69, 9.17) is 0 Å². The Morgan fingerprint density at radius 2 is 1.64 bits per heavy atom. The molecule has 7 heteroatoms. The van der Waals surface area contributed by atoms with Crippen LogP contribution in [0.4, 0.5) is 11.5 Å². The van der Waals surface area contributed by atoms with Crippen molar-refractivity contribution in [2.24, 2.45) is 7.05 Å². The molecule has 3 aromatic rings. The first-order chi connectivity index (χ1) is 13.4. The van der Waals surface area contributed by atoms with Crippen molar-refractivity contribution < 1.29 is 14.4 Å². The number of benzene rings is 2. The van der Waals surface area contributed by atoms with Crippen molar-refractivity contribution in [3.05, 3.63) is 77.5 Å². The summed E-state index contributed by atoms with van der Waals surface area (Å²) < 4.78 is 1.44. The fraction of sp³-hybridized carbons (Fsp3) is 0.143. The minimum Gasteiger partial charge on any atom is -0.321 e. The van der Waals surface area contributed by atoms with Gasteiger partial charge in [-0.25, -0.2) is 0 Å². The van der Waals surface area contributed by atoms with Gasteiger partial charge in [0.1, 0.15) is 5.82 Å². The highest BCUT2D eigenvalue weighted by Gasteiger charge is 2.15. The first-order valence-corrected chi connectivity index (χ1v) is 8.72. The number of aryl methyl sites for hydroxylation is 1. The number of anilines is 2. The molecule has 0 saturated carbocycles. The molecular weight excluding hydrogens is 356 g/mol. The van der Waals surface area contributed by atoms with E-state index in [1.54, 1.807) is 31.3 Å². The molecule has 3 rings (SSSR count). The normalized spacial score (nSPS) is 10.4. The number of rotatable bonds is 6. The lowest BCUT2D eigenvalue weighted by molar-refractivity contribution is -0.115. The van der Waals surface area contributed by atoms with Crippen molar-refractivity contribution in [1.29, 1.82) is 0 Å².